The first-order valence-electron chi connectivity index (χ1n) is 6.04. The molecule has 1 aliphatic rings. The summed E-state index contributed by atoms with van der Waals surface area (Å²) in [6.45, 7) is 5.15. The molecule has 0 aromatic carbocycles. The fourth-order valence-electron chi connectivity index (χ4n) is 2.10. The van der Waals surface area contributed by atoms with Crippen LogP contribution in [-0.2, 0) is 11.3 Å². The van der Waals surface area contributed by atoms with Crippen molar-refractivity contribution in [2.24, 2.45) is 0 Å². The van der Waals surface area contributed by atoms with Gasteiger partial charge >= 0.3 is 0 Å². The average Bonchev–Trinajstić information content (AvgIpc) is 2.87. The van der Waals surface area contributed by atoms with Crippen LogP contribution < -0.4 is 5.32 Å². The molecule has 4 nitrogen and oxygen atoms in total. The second kappa shape index (κ2) is 4.97. The highest BCUT2D eigenvalue weighted by atomic mass is 16.5. The Bertz CT molecular complexity index is 337. The normalized spacial score (nSPS) is 27.2. The lowest BCUT2D eigenvalue weighted by Crippen LogP contribution is -2.17. The number of rotatable bonds is 4. The Morgan fingerprint density at radius 3 is 3.06 bits per heavy atom. The molecule has 0 amide bonds. The Hall–Kier alpha value is -0.870. The number of hydrogen-bond acceptors (Lipinski definition) is 3. The molecular formula is C12H21N3O. The standard InChI is InChI=1S/C12H21N3O/c1-9-4-5-12(16-9)8-15-7-11(6-14-15)10(2)13-3/h6-7,9-10,12-13H,4-5,8H2,1-3H3. The molecule has 1 saturated heterocycles. The maximum atomic E-state index is 5.78. The van der Waals surface area contributed by atoms with Crippen molar-refractivity contribution in [2.75, 3.05) is 7.05 Å². The van der Waals surface area contributed by atoms with Gasteiger partial charge in [0.15, 0.2) is 0 Å². The third kappa shape index (κ3) is 2.62. The van der Waals surface area contributed by atoms with Crippen molar-refractivity contribution in [1.82, 2.24) is 15.1 Å². The quantitative estimate of drug-likeness (QED) is 0.845. The van der Waals surface area contributed by atoms with Gasteiger partial charge in [0.05, 0.1) is 24.9 Å². The van der Waals surface area contributed by atoms with Crippen LogP contribution in [0.4, 0.5) is 0 Å². The van der Waals surface area contributed by atoms with Gasteiger partial charge in [-0.1, -0.05) is 0 Å². The summed E-state index contributed by atoms with van der Waals surface area (Å²) in [7, 11) is 1.96. The minimum atomic E-state index is 0.340. The topological polar surface area (TPSA) is 39.1 Å². The van der Waals surface area contributed by atoms with E-state index in [9.17, 15) is 0 Å². The largest absolute Gasteiger partial charge is 0.373 e. The molecular weight excluding hydrogens is 202 g/mol. The van der Waals surface area contributed by atoms with E-state index in [0.717, 1.165) is 13.0 Å². The van der Waals surface area contributed by atoms with Crippen LogP contribution in [-0.4, -0.2) is 29.0 Å². The molecule has 0 bridgehead atoms. The Morgan fingerprint density at radius 2 is 2.44 bits per heavy atom. The van der Waals surface area contributed by atoms with Crippen LogP contribution in [0.15, 0.2) is 12.4 Å². The smallest absolute Gasteiger partial charge is 0.0775 e. The van der Waals surface area contributed by atoms with Crippen LogP contribution in [0.1, 0.15) is 38.3 Å². The summed E-state index contributed by atoms with van der Waals surface area (Å²) in [5.74, 6) is 0. The van der Waals surface area contributed by atoms with Gasteiger partial charge in [-0.25, -0.2) is 0 Å². The zero-order valence-corrected chi connectivity index (χ0v) is 10.3. The lowest BCUT2D eigenvalue weighted by molar-refractivity contribution is 0.0437. The minimum absolute atomic E-state index is 0.340. The lowest BCUT2D eigenvalue weighted by Gasteiger charge is -2.11. The van der Waals surface area contributed by atoms with Crippen molar-refractivity contribution in [3.8, 4) is 0 Å². The summed E-state index contributed by atoms with van der Waals surface area (Å²) >= 11 is 0. The summed E-state index contributed by atoms with van der Waals surface area (Å²) in [5, 5.41) is 7.58. The molecule has 2 heterocycles. The molecule has 1 aromatic rings. The first-order chi connectivity index (χ1) is 7.69. The molecule has 3 atom stereocenters. The van der Waals surface area contributed by atoms with E-state index in [2.05, 4.69) is 30.5 Å². The van der Waals surface area contributed by atoms with Crippen molar-refractivity contribution in [3.05, 3.63) is 18.0 Å². The van der Waals surface area contributed by atoms with Crippen LogP contribution in [0.3, 0.4) is 0 Å². The van der Waals surface area contributed by atoms with E-state index in [1.807, 2.05) is 17.9 Å². The van der Waals surface area contributed by atoms with E-state index in [1.165, 1.54) is 12.0 Å². The van der Waals surface area contributed by atoms with Gasteiger partial charge in [0.25, 0.3) is 0 Å². The van der Waals surface area contributed by atoms with E-state index >= 15 is 0 Å². The van der Waals surface area contributed by atoms with Crippen molar-refractivity contribution in [2.45, 2.75) is 51.5 Å². The van der Waals surface area contributed by atoms with Gasteiger partial charge in [0.1, 0.15) is 0 Å². The van der Waals surface area contributed by atoms with E-state index in [-0.39, 0.29) is 0 Å². The Morgan fingerprint density at radius 1 is 1.62 bits per heavy atom. The third-order valence-electron chi connectivity index (χ3n) is 3.30. The molecule has 0 saturated carbocycles. The van der Waals surface area contributed by atoms with Crippen LogP contribution >= 0.6 is 0 Å². The number of aromatic nitrogens is 2. The van der Waals surface area contributed by atoms with Gasteiger partial charge in [-0.15, -0.1) is 0 Å². The Balaban J connectivity index is 1.92. The van der Waals surface area contributed by atoms with E-state index < -0.39 is 0 Å². The van der Waals surface area contributed by atoms with Crippen molar-refractivity contribution < 1.29 is 4.74 Å². The van der Waals surface area contributed by atoms with Gasteiger partial charge in [-0.3, -0.25) is 4.68 Å². The van der Waals surface area contributed by atoms with Crippen molar-refractivity contribution in [1.29, 1.82) is 0 Å². The van der Waals surface area contributed by atoms with E-state index in [4.69, 9.17) is 4.74 Å². The molecule has 0 radical (unpaired) electrons. The fourth-order valence-corrected chi connectivity index (χ4v) is 2.10. The lowest BCUT2D eigenvalue weighted by atomic mass is 10.2. The zero-order chi connectivity index (χ0) is 11.5. The molecule has 3 unspecified atom stereocenters. The number of ether oxygens (including phenoxy) is 1. The van der Waals surface area contributed by atoms with Crippen LogP contribution in [0, 0.1) is 0 Å². The van der Waals surface area contributed by atoms with Gasteiger partial charge in [0.2, 0.25) is 0 Å². The maximum Gasteiger partial charge on any atom is 0.0775 e. The van der Waals surface area contributed by atoms with Gasteiger partial charge < -0.3 is 10.1 Å². The SMILES string of the molecule is CNC(C)c1cnn(CC2CCC(C)O2)c1. The molecule has 0 spiro atoms. The highest BCUT2D eigenvalue weighted by Crippen LogP contribution is 2.20. The van der Waals surface area contributed by atoms with Crippen LogP contribution in [0.5, 0.6) is 0 Å². The summed E-state index contributed by atoms with van der Waals surface area (Å²) in [5.41, 5.74) is 1.23. The average molecular weight is 223 g/mol. The number of hydrogen-bond donors (Lipinski definition) is 1. The number of nitrogens with one attached hydrogen (secondary N) is 1. The molecule has 90 valence electrons. The molecule has 1 aliphatic heterocycles. The molecule has 16 heavy (non-hydrogen) atoms. The Kier molecular flexibility index (Phi) is 3.61. The summed E-state index contributed by atoms with van der Waals surface area (Å²) in [6.07, 6.45) is 7.11. The molecule has 4 heteroatoms. The van der Waals surface area contributed by atoms with Gasteiger partial charge in [-0.05, 0) is 33.7 Å². The molecule has 0 aliphatic carbocycles. The summed E-state index contributed by atoms with van der Waals surface area (Å²) in [6, 6.07) is 0.358. The first kappa shape index (κ1) is 11.6. The van der Waals surface area contributed by atoms with Crippen LogP contribution in [0.25, 0.3) is 0 Å². The van der Waals surface area contributed by atoms with Crippen LogP contribution in [0.2, 0.25) is 0 Å². The highest BCUT2D eigenvalue weighted by molar-refractivity contribution is 5.08. The monoisotopic (exact) mass is 223 g/mol. The van der Waals surface area contributed by atoms with E-state index in [1.54, 1.807) is 0 Å². The third-order valence-corrected chi connectivity index (χ3v) is 3.30. The number of nitrogens with zero attached hydrogens (tertiary/aromatic N) is 2. The summed E-state index contributed by atoms with van der Waals surface area (Å²) in [4.78, 5) is 0. The van der Waals surface area contributed by atoms with Crippen molar-refractivity contribution >= 4 is 0 Å². The molecule has 1 N–H and O–H groups in total. The molecule has 1 fully saturated rings. The fraction of sp³-hybridized carbons (Fsp3) is 0.750. The minimum Gasteiger partial charge on any atom is -0.373 e. The molecule has 1 aromatic heterocycles. The predicted octanol–water partition coefficient (Wildman–Crippen LogP) is 1.73. The summed E-state index contributed by atoms with van der Waals surface area (Å²) < 4.78 is 7.78. The molecule has 2 rings (SSSR count). The second-order valence-electron chi connectivity index (χ2n) is 4.65. The van der Waals surface area contributed by atoms with E-state index in [0.29, 0.717) is 18.2 Å². The predicted molar refractivity (Wildman–Crippen MR) is 63.3 cm³/mol. The van der Waals surface area contributed by atoms with Crippen molar-refractivity contribution in [3.63, 3.8) is 0 Å². The van der Waals surface area contributed by atoms with Gasteiger partial charge in [-0.2, -0.15) is 5.10 Å². The first-order valence-corrected chi connectivity index (χ1v) is 6.04. The zero-order valence-electron chi connectivity index (χ0n) is 10.3. The van der Waals surface area contributed by atoms with Gasteiger partial charge in [0, 0.05) is 17.8 Å². The highest BCUT2D eigenvalue weighted by Gasteiger charge is 2.22. The Labute approximate surface area is 97.0 Å². The maximum absolute atomic E-state index is 5.78. The second-order valence-corrected chi connectivity index (χ2v) is 4.65.